The minimum Gasteiger partial charge on any atom is -0.323 e. The van der Waals surface area contributed by atoms with Crippen LogP contribution in [0.15, 0.2) is 22.5 Å². The van der Waals surface area contributed by atoms with Crippen molar-refractivity contribution in [3.8, 4) is 0 Å². The highest BCUT2D eigenvalue weighted by Gasteiger charge is 2.13. The van der Waals surface area contributed by atoms with E-state index in [0.717, 1.165) is 11.5 Å². The quantitative estimate of drug-likeness (QED) is 0.592. The molecule has 0 saturated carbocycles. The molecule has 0 fully saturated rings. The number of hydrogen-bond donors (Lipinski definition) is 0. The van der Waals surface area contributed by atoms with Gasteiger partial charge in [0.2, 0.25) is 7.37 Å². The zero-order chi connectivity index (χ0) is 11.6. The van der Waals surface area contributed by atoms with E-state index >= 15 is 0 Å². The summed E-state index contributed by atoms with van der Waals surface area (Å²) in [5.74, 6) is 5.32. The van der Waals surface area contributed by atoms with Crippen molar-refractivity contribution in [1.82, 2.24) is 0 Å². The van der Waals surface area contributed by atoms with Crippen LogP contribution in [0.3, 0.4) is 0 Å². The Hall–Kier alpha value is 0.370. The molecule has 0 unspecified atom stereocenters. The largest absolute Gasteiger partial charge is 0.323 e. The summed E-state index contributed by atoms with van der Waals surface area (Å²) in [5, 5.41) is 3.72. The summed E-state index contributed by atoms with van der Waals surface area (Å²) in [6.45, 7) is 6.45. The third-order valence-corrected chi connectivity index (χ3v) is 4.91. The van der Waals surface area contributed by atoms with Crippen LogP contribution >= 0.6 is 30.9 Å². The molecular weight excluding hydrogens is 247 g/mol. The molecule has 0 aromatic heterocycles. The molecule has 0 aliphatic carbocycles. The number of hydrogen-bond acceptors (Lipinski definition) is 4. The first-order chi connectivity index (χ1) is 7.18. The van der Waals surface area contributed by atoms with E-state index in [2.05, 4.69) is 13.8 Å². The molecule has 0 saturated heterocycles. The maximum absolute atomic E-state index is 12.1. The smallest absolute Gasteiger partial charge is 0.248 e. The first kappa shape index (κ1) is 15.4. The summed E-state index contributed by atoms with van der Waals surface area (Å²) < 4.78 is 17.4. The van der Waals surface area contributed by atoms with E-state index in [1.54, 1.807) is 35.2 Å². The second-order valence-electron chi connectivity index (χ2n) is 2.54. The van der Waals surface area contributed by atoms with Crippen LogP contribution in [0.2, 0.25) is 0 Å². The first-order valence-electron chi connectivity index (χ1n) is 5.01. The molecule has 0 amide bonds. The summed E-state index contributed by atoms with van der Waals surface area (Å²) in [7, 11) is -2.68. The van der Waals surface area contributed by atoms with Gasteiger partial charge in [-0.25, -0.2) is 0 Å². The lowest BCUT2D eigenvalue weighted by molar-refractivity contribution is 0.346. The average molecular weight is 266 g/mol. The van der Waals surface area contributed by atoms with Crippen LogP contribution in [0.25, 0.3) is 0 Å². The Morgan fingerprint density at radius 2 is 1.53 bits per heavy atom. The highest BCUT2D eigenvalue weighted by atomic mass is 32.2. The van der Waals surface area contributed by atoms with Crippen LogP contribution in [0, 0.1) is 0 Å². The minimum absolute atomic E-state index is 0.472. The van der Waals surface area contributed by atoms with Crippen LogP contribution in [-0.2, 0) is 9.09 Å². The van der Waals surface area contributed by atoms with Gasteiger partial charge in [-0.2, -0.15) is 0 Å². The summed E-state index contributed by atoms with van der Waals surface area (Å²) in [6, 6.07) is 0. The second-order valence-corrected chi connectivity index (χ2v) is 7.05. The van der Waals surface area contributed by atoms with Crippen LogP contribution in [0.4, 0.5) is 0 Å². The van der Waals surface area contributed by atoms with E-state index < -0.39 is 7.37 Å². The Bertz CT molecular complexity index is 232. The summed E-state index contributed by atoms with van der Waals surface area (Å²) in [5.41, 5.74) is 0. The van der Waals surface area contributed by atoms with Gasteiger partial charge < -0.3 is 4.52 Å². The molecule has 0 aromatic carbocycles. The zero-order valence-electron chi connectivity index (χ0n) is 9.51. The van der Waals surface area contributed by atoms with E-state index in [-0.39, 0.29) is 0 Å². The molecule has 0 atom stereocenters. The first-order valence-corrected chi connectivity index (χ1v) is 8.87. The lowest BCUT2D eigenvalue weighted by Gasteiger charge is -2.08. The summed E-state index contributed by atoms with van der Waals surface area (Å²) in [6.07, 6.45) is 0. The van der Waals surface area contributed by atoms with Crippen molar-refractivity contribution in [1.29, 1.82) is 0 Å². The van der Waals surface area contributed by atoms with Crippen molar-refractivity contribution in [3.63, 3.8) is 0 Å². The Kier molecular flexibility index (Phi) is 9.82. The molecule has 15 heavy (non-hydrogen) atoms. The van der Waals surface area contributed by atoms with Crippen LogP contribution in [0.1, 0.15) is 20.8 Å². The SMILES string of the molecule is CCOP(=O)(/C=C/SCC)/C=C/SCC. The molecule has 0 radical (unpaired) electrons. The average Bonchev–Trinajstić information content (AvgIpc) is 2.19. The molecule has 0 bridgehead atoms. The molecule has 0 aliphatic heterocycles. The highest BCUT2D eigenvalue weighted by Crippen LogP contribution is 2.51. The second kappa shape index (κ2) is 9.59. The predicted molar refractivity (Wildman–Crippen MR) is 73.8 cm³/mol. The monoisotopic (exact) mass is 266 g/mol. The van der Waals surface area contributed by atoms with Crippen molar-refractivity contribution in [2.45, 2.75) is 20.8 Å². The third-order valence-electron chi connectivity index (χ3n) is 1.39. The van der Waals surface area contributed by atoms with Gasteiger partial charge in [0.25, 0.3) is 0 Å². The van der Waals surface area contributed by atoms with Gasteiger partial charge in [-0.05, 0) is 29.2 Å². The molecule has 88 valence electrons. The van der Waals surface area contributed by atoms with Crippen molar-refractivity contribution in [2.24, 2.45) is 0 Å². The van der Waals surface area contributed by atoms with Crippen LogP contribution in [0.5, 0.6) is 0 Å². The molecule has 0 spiro atoms. The molecular formula is C10H19O2PS2. The van der Waals surface area contributed by atoms with E-state index in [1.165, 1.54) is 0 Å². The van der Waals surface area contributed by atoms with Gasteiger partial charge in [0, 0.05) is 11.6 Å². The lowest BCUT2D eigenvalue weighted by Crippen LogP contribution is -1.83. The van der Waals surface area contributed by atoms with Crippen LogP contribution in [-0.4, -0.2) is 18.1 Å². The van der Waals surface area contributed by atoms with Gasteiger partial charge in [-0.3, -0.25) is 4.57 Å². The van der Waals surface area contributed by atoms with Gasteiger partial charge >= 0.3 is 0 Å². The Morgan fingerprint density at radius 1 is 1.07 bits per heavy atom. The van der Waals surface area contributed by atoms with E-state index in [9.17, 15) is 4.57 Å². The molecule has 0 rings (SSSR count). The van der Waals surface area contributed by atoms with Crippen molar-refractivity contribution >= 4 is 30.9 Å². The van der Waals surface area contributed by atoms with Gasteiger partial charge in [-0.15, -0.1) is 23.5 Å². The fraction of sp³-hybridized carbons (Fsp3) is 0.600. The van der Waals surface area contributed by atoms with Gasteiger partial charge in [-0.1, -0.05) is 13.8 Å². The van der Waals surface area contributed by atoms with E-state index in [4.69, 9.17) is 4.52 Å². The van der Waals surface area contributed by atoms with Crippen molar-refractivity contribution < 1.29 is 9.09 Å². The maximum Gasteiger partial charge on any atom is 0.248 e. The predicted octanol–water partition coefficient (Wildman–Crippen LogP) is 4.75. The fourth-order valence-electron chi connectivity index (χ4n) is 0.786. The Balaban J connectivity index is 4.37. The zero-order valence-corrected chi connectivity index (χ0v) is 12.0. The molecule has 0 aromatic rings. The summed E-state index contributed by atoms with van der Waals surface area (Å²) in [4.78, 5) is 0. The topological polar surface area (TPSA) is 26.3 Å². The fourth-order valence-corrected chi connectivity index (χ4v) is 3.89. The Morgan fingerprint density at radius 3 is 1.87 bits per heavy atom. The number of thioether (sulfide) groups is 2. The van der Waals surface area contributed by atoms with E-state index in [1.807, 2.05) is 17.7 Å². The molecule has 0 aliphatic rings. The standard InChI is InChI=1S/C10H19O2PS2/c1-4-12-13(11,7-9-14-5-2)8-10-15-6-3/h7-10H,4-6H2,1-3H3/b9-7+,10-8+. The number of rotatable bonds is 8. The van der Waals surface area contributed by atoms with Crippen molar-refractivity contribution in [3.05, 3.63) is 22.5 Å². The highest BCUT2D eigenvalue weighted by molar-refractivity contribution is 8.02. The lowest BCUT2D eigenvalue weighted by atomic mass is 10.9. The summed E-state index contributed by atoms with van der Waals surface area (Å²) >= 11 is 3.25. The normalized spacial score (nSPS) is 13.0. The molecule has 2 nitrogen and oxygen atoms in total. The Labute approximate surface area is 101 Å². The molecule has 0 heterocycles. The molecule has 5 heteroatoms. The van der Waals surface area contributed by atoms with Crippen LogP contribution < -0.4 is 0 Å². The molecule has 0 N–H and O–H groups in total. The maximum atomic E-state index is 12.1. The van der Waals surface area contributed by atoms with Gasteiger partial charge in [0.1, 0.15) is 0 Å². The minimum atomic E-state index is -2.68. The van der Waals surface area contributed by atoms with E-state index in [0.29, 0.717) is 6.61 Å². The third kappa shape index (κ3) is 8.21. The van der Waals surface area contributed by atoms with Gasteiger partial charge in [0.05, 0.1) is 6.61 Å². The van der Waals surface area contributed by atoms with Gasteiger partial charge in [0.15, 0.2) is 0 Å². The van der Waals surface area contributed by atoms with Crippen molar-refractivity contribution in [2.75, 3.05) is 18.1 Å².